The van der Waals surface area contributed by atoms with Crippen LogP contribution < -0.4 is 0 Å². The molecule has 3 rings (SSSR count). The van der Waals surface area contributed by atoms with Gasteiger partial charge < -0.3 is 0 Å². The van der Waals surface area contributed by atoms with Crippen LogP contribution in [0.15, 0.2) is 18.2 Å². The summed E-state index contributed by atoms with van der Waals surface area (Å²) < 4.78 is 0. The van der Waals surface area contributed by atoms with Gasteiger partial charge in [-0.05, 0) is 71.2 Å². The van der Waals surface area contributed by atoms with Gasteiger partial charge in [0, 0.05) is 5.41 Å². The molecule has 2 aliphatic rings. The Labute approximate surface area is 139 Å². The largest absolute Gasteiger partial charge is 0.281 e. The Morgan fingerprint density at radius 1 is 1.27 bits per heavy atom. The normalized spacial score (nSPS) is 34.2. The number of aryl methyl sites for hydroxylation is 1. The highest BCUT2D eigenvalue weighted by Crippen LogP contribution is 2.58. The molecule has 2 aliphatic carbocycles. The van der Waals surface area contributed by atoms with Crippen LogP contribution in [0.3, 0.4) is 0 Å². The molecule has 0 spiro atoms. The number of hydrogen-bond donors (Lipinski definition) is 0. The van der Waals surface area contributed by atoms with Gasteiger partial charge in [0.1, 0.15) is 0 Å². The third kappa shape index (κ3) is 2.24. The molecule has 1 fully saturated rings. The van der Waals surface area contributed by atoms with Crippen LogP contribution >= 0.6 is 11.6 Å². The predicted molar refractivity (Wildman–Crippen MR) is 92.5 cm³/mol. The molecule has 0 amide bonds. The SMILES string of the molecule is CC(C)c1ccc2c(c1)CC[C@H]1[C@@](C)(C(=O)Cl)CCC[C@]21C. The van der Waals surface area contributed by atoms with Crippen LogP contribution in [-0.4, -0.2) is 5.24 Å². The lowest BCUT2D eigenvalue weighted by atomic mass is 9.50. The molecule has 0 aromatic heterocycles. The highest BCUT2D eigenvalue weighted by molar-refractivity contribution is 6.64. The molecule has 0 bridgehead atoms. The van der Waals surface area contributed by atoms with E-state index in [1.54, 1.807) is 0 Å². The monoisotopic (exact) mass is 318 g/mol. The van der Waals surface area contributed by atoms with Gasteiger partial charge in [-0.15, -0.1) is 0 Å². The Kier molecular flexibility index (Phi) is 3.92. The Morgan fingerprint density at radius 3 is 2.64 bits per heavy atom. The van der Waals surface area contributed by atoms with Crippen molar-refractivity contribution >= 4 is 16.8 Å². The average Bonchev–Trinajstić information content (AvgIpc) is 2.46. The van der Waals surface area contributed by atoms with Crippen molar-refractivity contribution in [3.8, 4) is 0 Å². The fraction of sp³-hybridized carbons (Fsp3) is 0.650. The van der Waals surface area contributed by atoms with Gasteiger partial charge in [-0.2, -0.15) is 0 Å². The van der Waals surface area contributed by atoms with Gasteiger partial charge in [-0.3, -0.25) is 4.79 Å². The van der Waals surface area contributed by atoms with Crippen LogP contribution in [0.1, 0.15) is 76.0 Å². The quantitative estimate of drug-likeness (QED) is 0.650. The molecule has 0 aliphatic heterocycles. The van der Waals surface area contributed by atoms with Crippen molar-refractivity contribution in [1.29, 1.82) is 0 Å². The topological polar surface area (TPSA) is 17.1 Å². The zero-order valence-corrected chi connectivity index (χ0v) is 15.0. The zero-order chi connectivity index (χ0) is 16.1. The zero-order valence-electron chi connectivity index (χ0n) is 14.2. The van der Waals surface area contributed by atoms with Crippen LogP contribution in [0, 0.1) is 11.3 Å². The molecule has 1 nitrogen and oxygen atoms in total. The standard InChI is InChI=1S/C20H27ClO/c1-13(2)14-6-8-16-15(12-14)7-9-17-19(16,3)10-5-11-20(17,4)18(21)22/h6,8,12-13,17H,5,7,9-11H2,1-4H3/t17-,19-,20+/m1/s1. The van der Waals surface area contributed by atoms with Gasteiger partial charge in [-0.25, -0.2) is 0 Å². The summed E-state index contributed by atoms with van der Waals surface area (Å²) in [7, 11) is 0. The highest BCUT2D eigenvalue weighted by atomic mass is 35.5. The maximum Gasteiger partial charge on any atom is 0.227 e. The number of benzene rings is 1. The minimum atomic E-state index is -0.358. The molecule has 1 aromatic rings. The maximum atomic E-state index is 12.1. The van der Waals surface area contributed by atoms with Crippen LogP contribution in [-0.2, 0) is 16.6 Å². The number of hydrogen-bond acceptors (Lipinski definition) is 1. The number of rotatable bonds is 2. The van der Waals surface area contributed by atoms with Crippen molar-refractivity contribution in [2.75, 3.05) is 0 Å². The molecule has 0 N–H and O–H groups in total. The maximum absolute atomic E-state index is 12.1. The summed E-state index contributed by atoms with van der Waals surface area (Å²) in [6.45, 7) is 8.96. The smallest absolute Gasteiger partial charge is 0.227 e. The molecule has 0 unspecified atom stereocenters. The number of carbonyl (C=O) groups is 1. The van der Waals surface area contributed by atoms with E-state index >= 15 is 0 Å². The van der Waals surface area contributed by atoms with Crippen LogP contribution in [0.25, 0.3) is 0 Å². The molecule has 0 radical (unpaired) electrons. The third-order valence-electron chi connectivity index (χ3n) is 6.49. The lowest BCUT2D eigenvalue weighted by Crippen LogP contribution is -2.51. The molecular formula is C20H27ClO. The molecule has 1 saturated carbocycles. The van der Waals surface area contributed by atoms with Crippen LogP contribution in [0.5, 0.6) is 0 Å². The van der Waals surface area contributed by atoms with Crippen molar-refractivity contribution in [3.63, 3.8) is 0 Å². The van der Waals surface area contributed by atoms with Crippen molar-refractivity contribution in [1.82, 2.24) is 0 Å². The van der Waals surface area contributed by atoms with E-state index in [9.17, 15) is 4.79 Å². The summed E-state index contributed by atoms with van der Waals surface area (Å²) in [6.07, 6.45) is 5.36. The molecule has 22 heavy (non-hydrogen) atoms. The van der Waals surface area contributed by atoms with Crippen molar-refractivity contribution < 1.29 is 4.79 Å². The first kappa shape index (κ1) is 16.1. The van der Waals surface area contributed by atoms with Gasteiger partial charge in [-0.1, -0.05) is 52.3 Å². The van der Waals surface area contributed by atoms with Crippen molar-refractivity contribution in [2.45, 2.75) is 71.1 Å². The highest BCUT2D eigenvalue weighted by Gasteiger charge is 2.54. The summed E-state index contributed by atoms with van der Waals surface area (Å²) in [5.74, 6) is 0.938. The molecule has 0 heterocycles. The van der Waals surface area contributed by atoms with Crippen LogP contribution in [0.4, 0.5) is 0 Å². The molecule has 120 valence electrons. The molecule has 1 aromatic carbocycles. The Bertz CT molecular complexity index is 606. The predicted octanol–water partition coefficient (Wildman–Crippen LogP) is 5.59. The fourth-order valence-electron chi connectivity index (χ4n) is 5.11. The van der Waals surface area contributed by atoms with E-state index in [4.69, 9.17) is 11.6 Å². The number of halogens is 1. The summed E-state index contributed by atoms with van der Waals surface area (Å²) in [6, 6.07) is 7.02. The Hall–Kier alpha value is -0.820. The summed E-state index contributed by atoms with van der Waals surface area (Å²) in [5.41, 5.74) is 4.13. The van der Waals surface area contributed by atoms with Crippen molar-refractivity contribution in [3.05, 3.63) is 34.9 Å². The lowest BCUT2D eigenvalue weighted by molar-refractivity contribution is -0.127. The summed E-state index contributed by atoms with van der Waals surface area (Å²) in [4.78, 5) is 12.1. The minimum absolute atomic E-state index is 0.0979. The number of fused-ring (bicyclic) bond motifs is 3. The van der Waals surface area contributed by atoms with E-state index in [1.807, 2.05) is 0 Å². The minimum Gasteiger partial charge on any atom is -0.281 e. The van der Waals surface area contributed by atoms with E-state index in [2.05, 4.69) is 45.9 Å². The van der Waals surface area contributed by atoms with E-state index in [-0.39, 0.29) is 16.1 Å². The molecular weight excluding hydrogens is 292 g/mol. The van der Waals surface area contributed by atoms with Gasteiger partial charge in [0.05, 0.1) is 0 Å². The van der Waals surface area contributed by atoms with E-state index < -0.39 is 0 Å². The van der Waals surface area contributed by atoms with Gasteiger partial charge in [0.2, 0.25) is 5.24 Å². The lowest BCUT2D eigenvalue weighted by Gasteiger charge is -2.54. The van der Waals surface area contributed by atoms with E-state index in [0.717, 1.165) is 25.7 Å². The second-order valence-corrected chi connectivity index (χ2v) is 8.47. The van der Waals surface area contributed by atoms with Gasteiger partial charge >= 0.3 is 0 Å². The van der Waals surface area contributed by atoms with E-state index in [1.165, 1.54) is 23.1 Å². The van der Waals surface area contributed by atoms with Crippen LogP contribution in [0.2, 0.25) is 0 Å². The van der Waals surface area contributed by atoms with Crippen molar-refractivity contribution in [2.24, 2.45) is 11.3 Å². The van der Waals surface area contributed by atoms with Gasteiger partial charge in [0.15, 0.2) is 0 Å². The Balaban J connectivity index is 2.08. The second-order valence-electron chi connectivity index (χ2n) is 8.12. The summed E-state index contributed by atoms with van der Waals surface area (Å²) in [5, 5.41) is -0.134. The fourth-order valence-corrected chi connectivity index (χ4v) is 5.33. The number of carbonyl (C=O) groups excluding carboxylic acids is 1. The first-order valence-electron chi connectivity index (χ1n) is 8.62. The average molecular weight is 319 g/mol. The summed E-state index contributed by atoms with van der Waals surface area (Å²) >= 11 is 6.03. The first-order chi connectivity index (χ1) is 10.3. The molecule has 3 atom stereocenters. The Morgan fingerprint density at radius 2 is 2.00 bits per heavy atom. The van der Waals surface area contributed by atoms with Gasteiger partial charge in [0.25, 0.3) is 0 Å². The second kappa shape index (κ2) is 5.37. The molecule has 0 saturated heterocycles. The third-order valence-corrected chi connectivity index (χ3v) is 6.92. The molecule has 2 heteroatoms. The van der Waals surface area contributed by atoms with E-state index in [0.29, 0.717) is 11.8 Å². The first-order valence-corrected chi connectivity index (χ1v) is 9.00.